The van der Waals surface area contributed by atoms with E-state index in [1.165, 1.54) is 21.2 Å². The van der Waals surface area contributed by atoms with Crippen LogP contribution in [-0.4, -0.2) is 18.9 Å². The summed E-state index contributed by atoms with van der Waals surface area (Å²) in [5.74, 6) is 0. The van der Waals surface area contributed by atoms with Gasteiger partial charge in [-0.2, -0.15) is 0 Å². The molecule has 30 heavy (non-hydrogen) atoms. The fourth-order valence-electron chi connectivity index (χ4n) is 3.78. The molecule has 3 heteroatoms. The average Bonchev–Trinajstić information content (AvgIpc) is 2.82. The van der Waals surface area contributed by atoms with Crippen LogP contribution in [0.1, 0.15) is 0 Å². The minimum atomic E-state index is -1.69. The van der Waals surface area contributed by atoms with Gasteiger partial charge in [0.05, 0.1) is 0 Å². The highest BCUT2D eigenvalue weighted by atomic mass is 32.1. The molecule has 0 aromatic heterocycles. The third-order valence-electron chi connectivity index (χ3n) is 5.28. The maximum Gasteiger partial charge on any atom is -0.0156 e. The fraction of sp³-hybridized carbons (Fsp3) is 0.0741. The lowest BCUT2D eigenvalue weighted by Gasteiger charge is -2.34. The van der Waals surface area contributed by atoms with Gasteiger partial charge in [-0.25, -0.2) is 0 Å². The van der Waals surface area contributed by atoms with Gasteiger partial charge < -0.3 is 0 Å². The Morgan fingerprint density at radius 3 is 1.17 bits per heavy atom. The molecule has 0 bridgehead atoms. The van der Waals surface area contributed by atoms with Crippen LogP contribution in [0.2, 0.25) is 0 Å². The third kappa shape index (κ3) is 4.38. The smallest absolute Gasteiger partial charge is 0.0156 e. The van der Waals surface area contributed by atoms with Crippen molar-refractivity contribution in [3.05, 3.63) is 121 Å². The molecule has 0 amide bonds. The Morgan fingerprint density at radius 2 is 0.833 bits per heavy atom. The summed E-state index contributed by atoms with van der Waals surface area (Å²) in [6.45, 7) is 3.23. The molecule has 0 saturated heterocycles. The van der Waals surface area contributed by atoms with Gasteiger partial charge in [0.25, 0.3) is 0 Å². The number of hydrogen-bond donors (Lipinski definition) is 0. The van der Waals surface area contributed by atoms with Gasteiger partial charge in [-0.15, -0.1) is 0 Å². The molecule has 0 aliphatic carbocycles. The van der Waals surface area contributed by atoms with Gasteiger partial charge in [0, 0.05) is 0 Å². The second-order valence-corrected chi connectivity index (χ2v) is 18.4. The van der Waals surface area contributed by atoms with Crippen LogP contribution in [0.4, 0.5) is 0 Å². The Hall–Kier alpha value is -1.96. The molecule has 0 radical (unpaired) electrons. The zero-order valence-electron chi connectivity index (χ0n) is 17.5. The van der Waals surface area contributed by atoms with Crippen molar-refractivity contribution in [2.24, 2.45) is 0 Å². The molecular weight excluding hydrogens is 417 g/mol. The summed E-state index contributed by atoms with van der Waals surface area (Å²) >= 11 is 0. The Kier molecular flexibility index (Phi) is 7.02. The van der Waals surface area contributed by atoms with E-state index in [0.29, 0.717) is 0 Å². The Labute approximate surface area is 183 Å². The highest BCUT2D eigenvalue weighted by Crippen LogP contribution is 2.72. The zero-order chi connectivity index (χ0) is 20.8. The first kappa shape index (κ1) is 21.3. The largest absolute Gasteiger partial charge is 0.0791 e. The van der Waals surface area contributed by atoms with Crippen molar-refractivity contribution in [3.63, 3.8) is 0 Å². The fourth-order valence-corrected chi connectivity index (χ4v) is 18.2. The van der Waals surface area contributed by atoms with Crippen LogP contribution in [-0.2, 0) is 0 Å². The van der Waals surface area contributed by atoms with Crippen LogP contribution >= 0.6 is 22.1 Å². The molecule has 0 N–H and O–H groups in total. The molecular formula is C27H27P3. The lowest BCUT2D eigenvalue weighted by atomic mass is 10.4. The molecule has 4 rings (SSSR count). The minimum Gasteiger partial charge on any atom is -0.0791 e. The van der Waals surface area contributed by atoms with Gasteiger partial charge in [0.2, 0.25) is 0 Å². The third-order valence-corrected chi connectivity index (χ3v) is 18.8. The van der Waals surface area contributed by atoms with E-state index < -0.39 is 14.5 Å². The minimum absolute atomic E-state index is 0.242. The van der Waals surface area contributed by atoms with E-state index in [2.05, 4.69) is 140 Å². The van der Waals surface area contributed by atoms with E-state index in [9.17, 15) is 0 Å². The van der Waals surface area contributed by atoms with E-state index in [1.54, 1.807) is 0 Å². The van der Waals surface area contributed by atoms with E-state index in [0.717, 1.165) is 0 Å². The van der Waals surface area contributed by atoms with Crippen molar-refractivity contribution < 1.29 is 0 Å². The van der Waals surface area contributed by atoms with Crippen molar-refractivity contribution in [2.45, 2.75) is 0 Å². The Balaban J connectivity index is 2.06. The summed E-state index contributed by atoms with van der Waals surface area (Å²) in [6, 6.07) is 44.6. The van der Waals surface area contributed by atoms with Gasteiger partial charge in [-0.05, 0) is 54.6 Å². The average molecular weight is 444 g/mol. The first-order chi connectivity index (χ1) is 14.7. The summed E-state index contributed by atoms with van der Waals surface area (Å²) in [5, 5.41) is 5.83. The van der Waals surface area contributed by atoms with E-state index in [1.807, 2.05) is 0 Å². The van der Waals surface area contributed by atoms with E-state index in [-0.39, 0.29) is 7.61 Å². The van der Waals surface area contributed by atoms with Crippen molar-refractivity contribution in [3.8, 4) is 0 Å². The number of rotatable bonds is 6. The Morgan fingerprint density at radius 1 is 0.500 bits per heavy atom. The van der Waals surface area contributed by atoms with E-state index in [4.69, 9.17) is 0 Å². The van der Waals surface area contributed by atoms with Gasteiger partial charge in [-0.1, -0.05) is 129 Å². The summed E-state index contributed by atoms with van der Waals surface area (Å²) in [7, 11) is -0.820. The number of benzene rings is 4. The maximum atomic E-state index is 2.78. The molecule has 0 heterocycles. The van der Waals surface area contributed by atoms with Crippen LogP contribution in [0.15, 0.2) is 121 Å². The zero-order valence-corrected chi connectivity index (χ0v) is 20.1. The molecule has 0 saturated carbocycles. The standard InChI is InChI=1S/C27H27P3/c1-28(2)30(26-19-11-5-12-20-26,27-21-13-6-14-22-27)23-29(24-15-7-3-8-16-24)25-17-9-4-10-18-25/h3-23H,1-2H3. The lowest BCUT2D eigenvalue weighted by Crippen LogP contribution is -2.20. The second kappa shape index (κ2) is 9.90. The van der Waals surface area contributed by atoms with Gasteiger partial charge in [-0.3, -0.25) is 0 Å². The lowest BCUT2D eigenvalue weighted by molar-refractivity contribution is 1.75. The first-order valence-electron chi connectivity index (χ1n) is 10.1. The molecule has 4 aromatic rings. The topological polar surface area (TPSA) is 0 Å². The van der Waals surface area contributed by atoms with Crippen LogP contribution < -0.4 is 21.2 Å². The normalized spacial score (nSPS) is 11.6. The molecule has 0 spiro atoms. The first-order valence-corrected chi connectivity index (χ1v) is 16.4. The molecule has 150 valence electrons. The van der Waals surface area contributed by atoms with Crippen LogP contribution in [0.5, 0.6) is 0 Å². The highest BCUT2D eigenvalue weighted by molar-refractivity contribution is 8.45. The molecule has 0 atom stereocenters. The summed E-state index contributed by atoms with van der Waals surface area (Å²) in [5.41, 5.74) is 2.78. The molecule has 0 fully saturated rings. The molecule has 0 aliphatic heterocycles. The summed E-state index contributed by atoms with van der Waals surface area (Å²) in [6.07, 6.45) is 0. The van der Waals surface area contributed by atoms with Crippen molar-refractivity contribution in [2.75, 3.05) is 13.3 Å². The predicted molar refractivity (Wildman–Crippen MR) is 143 cm³/mol. The van der Waals surface area contributed by atoms with Crippen LogP contribution in [0.3, 0.4) is 0 Å². The maximum absolute atomic E-state index is 2.78. The van der Waals surface area contributed by atoms with Gasteiger partial charge >= 0.3 is 0 Å². The van der Waals surface area contributed by atoms with Crippen LogP contribution in [0, 0.1) is 0 Å². The molecule has 0 aliphatic rings. The van der Waals surface area contributed by atoms with Crippen LogP contribution in [0.25, 0.3) is 0 Å². The molecule has 0 nitrogen and oxygen atoms in total. The van der Waals surface area contributed by atoms with Crippen molar-refractivity contribution in [1.82, 2.24) is 0 Å². The number of hydrogen-bond acceptors (Lipinski definition) is 0. The molecule has 4 aromatic carbocycles. The molecule has 0 unspecified atom stereocenters. The van der Waals surface area contributed by atoms with Gasteiger partial charge in [0.1, 0.15) is 0 Å². The second-order valence-electron chi connectivity index (χ2n) is 7.36. The van der Waals surface area contributed by atoms with Gasteiger partial charge in [0.15, 0.2) is 0 Å². The summed E-state index contributed by atoms with van der Waals surface area (Å²) in [4.78, 5) is 0. The van der Waals surface area contributed by atoms with Crippen molar-refractivity contribution >= 4 is 48.9 Å². The summed E-state index contributed by atoms with van der Waals surface area (Å²) < 4.78 is 0. The predicted octanol–water partition coefficient (Wildman–Crippen LogP) is 6.20. The van der Waals surface area contributed by atoms with Crippen molar-refractivity contribution in [1.29, 1.82) is 0 Å². The quantitative estimate of drug-likeness (QED) is 0.311. The SMILES string of the molecule is CP(C)P(=CP(c1ccccc1)c1ccccc1)(c1ccccc1)c1ccccc1. The monoisotopic (exact) mass is 444 g/mol. The Bertz CT molecular complexity index is 1020. The highest BCUT2D eigenvalue weighted by Gasteiger charge is 2.28. The van der Waals surface area contributed by atoms with E-state index >= 15 is 0 Å².